The number of carbonyl (C=O) groups is 1. The van der Waals surface area contributed by atoms with Gasteiger partial charge in [0.25, 0.3) is 5.91 Å². The van der Waals surface area contributed by atoms with E-state index in [4.69, 9.17) is 27.6 Å². The van der Waals surface area contributed by atoms with Crippen LogP contribution in [0.1, 0.15) is 22.0 Å². The Morgan fingerprint density at radius 3 is 2.89 bits per heavy atom. The van der Waals surface area contributed by atoms with Gasteiger partial charge in [0.05, 0.1) is 18.3 Å². The molecule has 18 heavy (non-hydrogen) atoms. The summed E-state index contributed by atoms with van der Waals surface area (Å²) in [5, 5.41) is 9.73. The second kappa shape index (κ2) is 5.32. The Hall–Kier alpha value is -1.66. The van der Waals surface area contributed by atoms with Crippen molar-refractivity contribution in [1.29, 1.82) is 0 Å². The molecule has 0 fully saturated rings. The van der Waals surface area contributed by atoms with Crippen LogP contribution in [0.25, 0.3) is 0 Å². The first-order valence-corrected chi connectivity index (χ1v) is 5.70. The fourth-order valence-electron chi connectivity index (χ4n) is 1.25. The third-order valence-electron chi connectivity index (χ3n) is 2.03. The molecule has 0 aliphatic carbocycles. The molecule has 2 aromatic rings. The second-order valence-electron chi connectivity index (χ2n) is 3.42. The van der Waals surface area contributed by atoms with E-state index in [-0.39, 0.29) is 22.4 Å². The van der Waals surface area contributed by atoms with Crippen LogP contribution in [0.15, 0.2) is 16.7 Å². The molecule has 0 aliphatic heterocycles. The maximum Gasteiger partial charge on any atom is 0.255 e. The van der Waals surface area contributed by atoms with Crippen LogP contribution in [-0.4, -0.2) is 21.1 Å². The molecule has 2 rings (SSSR count). The summed E-state index contributed by atoms with van der Waals surface area (Å²) in [7, 11) is 0. The lowest BCUT2D eigenvalue weighted by molar-refractivity contribution is 0.0946. The molecule has 94 valence electrons. The number of nitrogens with zero attached hydrogens (tertiary/aromatic N) is 3. The molecule has 0 bridgehead atoms. The predicted octanol–water partition coefficient (Wildman–Crippen LogP) is 2.01. The highest BCUT2D eigenvalue weighted by Gasteiger charge is 2.13. The van der Waals surface area contributed by atoms with Crippen LogP contribution < -0.4 is 5.32 Å². The molecule has 0 aliphatic rings. The van der Waals surface area contributed by atoms with Gasteiger partial charge in [0.15, 0.2) is 10.3 Å². The summed E-state index contributed by atoms with van der Waals surface area (Å²) in [4.78, 5) is 15.8. The van der Waals surface area contributed by atoms with Gasteiger partial charge >= 0.3 is 0 Å². The highest BCUT2D eigenvalue weighted by Crippen LogP contribution is 2.15. The normalized spacial score (nSPS) is 10.4. The number of nitrogens with one attached hydrogen (secondary N) is 1. The standard InChI is InChI=1S/C10H8Cl2N4O2/c1-5-3-13-8(18-5)4-14-10(17)6-2-7(11)15-16-9(6)12/h2-3H,4H2,1H3,(H,14,17). The molecule has 8 heteroatoms. The lowest BCUT2D eigenvalue weighted by Crippen LogP contribution is -2.23. The summed E-state index contributed by atoms with van der Waals surface area (Å²) < 4.78 is 5.21. The van der Waals surface area contributed by atoms with Crippen LogP contribution in [0.5, 0.6) is 0 Å². The molecule has 1 amide bonds. The second-order valence-corrected chi connectivity index (χ2v) is 4.16. The van der Waals surface area contributed by atoms with Gasteiger partial charge in [-0.3, -0.25) is 4.79 Å². The summed E-state index contributed by atoms with van der Waals surface area (Å²) in [5.41, 5.74) is 0.153. The zero-order valence-electron chi connectivity index (χ0n) is 9.28. The van der Waals surface area contributed by atoms with Crippen molar-refractivity contribution in [3.05, 3.63) is 39.8 Å². The molecular formula is C10H8Cl2N4O2. The number of hydrogen-bond acceptors (Lipinski definition) is 5. The molecule has 1 N–H and O–H groups in total. The minimum atomic E-state index is -0.423. The van der Waals surface area contributed by atoms with Crippen LogP contribution in [0.2, 0.25) is 10.3 Å². The highest BCUT2D eigenvalue weighted by atomic mass is 35.5. The molecule has 2 aromatic heterocycles. The van der Waals surface area contributed by atoms with Gasteiger partial charge in [0.2, 0.25) is 5.89 Å². The van der Waals surface area contributed by atoms with E-state index in [1.165, 1.54) is 6.07 Å². The van der Waals surface area contributed by atoms with Gasteiger partial charge in [-0.05, 0) is 13.0 Å². The summed E-state index contributed by atoms with van der Waals surface area (Å²) in [6.45, 7) is 1.92. The summed E-state index contributed by atoms with van der Waals surface area (Å²) >= 11 is 11.4. The highest BCUT2D eigenvalue weighted by molar-refractivity contribution is 6.34. The number of carbonyl (C=O) groups excluding carboxylic acids is 1. The number of hydrogen-bond donors (Lipinski definition) is 1. The summed E-state index contributed by atoms with van der Waals surface area (Å²) in [6, 6.07) is 1.34. The number of halogens is 2. The van der Waals surface area contributed by atoms with Crippen LogP contribution in [0.3, 0.4) is 0 Å². The van der Waals surface area contributed by atoms with E-state index in [0.29, 0.717) is 11.7 Å². The zero-order chi connectivity index (χ0) is 13.1. The Labute approximate surface area is 112 Å². The van der Waals surface area contributed by atoms with Crippen molar-refractivity contribution in [3.8, 4) is 0 Å². The minimum Gasteiger partial charge on any atom is -0.444 e. The van der Waals surface area contributed by atoms with E-state index in [9.17, 15) is 4.79 Å². The number of amides is 1. The molecule has 0 saturated heterocycles. The van der Waals surface area contributed by atoms with E-state index in [1.807, 2.05) is 0 Å². The zero-order valence-corrected chi connectivity index (χ0v) is 10.8. The summed E-state index contributed by atoms with van der Waals surface area (Å²) in [5.74, 6) is 0.656. The molecule has 0 radical (unpaired) electrons. The number of rotatable bonds is 3. The topological polar surface area (TPSA) is 80.9 Å². The SMILES string of the molecule is Cc1cnc(CNC(=O)c2cc(Cl)nnc2Cl)o1. The van der Waals surface area contributed by atoms with Crippen LogP contribution >= 0.6 is 23.2 Å². The fourth-order valence-corrected chi connectivity index (χ4v) is 1.57. The average Bonchev–Trinajstić information content (AvgIpc) is 2.75. The van der Waals surface area contributed by atoms with Crippen molar-refractivity contribution in [2.45, 2.75) is 13.5 Å². The van der Waals surface area contributed by atoms with E-state index < -0.39 is 5.91 Å². The number of aryl methyl sites for hydroxylation is 1. The van der Waals surface area contributed by atoms with Crippen molar-refractivity contribution < 1.29 is 9.21 Å². The molecular weight excluding hydrogens is 279 g/mol. The van der Waals surface area contributed by atoms with Crippen molar-refractivity contribution in [2.24, 2.45) is 0 Å². The first-order chi connectivity index (χ1) is 8.56. The van der Waals surface area contributed by atoms with Gasteiger partial charge in [-0.1, -0.05) is 23.2 Å². The quantitative estimate of drug-likeness (QED) is 0.933. The smallest absolute Gasteiger partial charge is 0.255 e. The maximum atomic E-state index is 11.8. The molecule has 0 unspecified atom stereocenters. The van der Waals surface area contributed by atoms with Gasteiger partial charge in [-0.15, -0.1) is 10.2 Å². The summed E-state index contributed by atoms with van der Waals surface area (Å²) in [6.07, 6.45) is 1.57. The van der Waals surface area contributed by atoms with E-state index >= 15 is 0 Å². The Morgan fingerprint density at radius 1 is 1.44 bits per heavy atom. The fraction of sp³-hybridized carbons (Fsp3) is 0.200. The van der Waals surface area contributed by atoms with Crippen LogP contribution in [-0.2, 0) is 6.54 Å². The van der Waals surface area contributed by atoms with Crippen molar-refractivity contribution in [1.82, 2.24) is 20.5 Å². The van der Waals surface area contributed by atoms with Crippen molar-refractivity contribution in [2.75, 3.05) is 0 Å². The minimum absolute atomic E-state index is 0.0134. The van der Waals surface area contributed by atoms with Crippen molar-refractivity contribution in [3.63, 3.8) is 0 Å². The van der Waals surface area contributed by atoms with Gasteiger partial charge in [0, 0.05) is 0 Å². The lowest BCUT2D eigenvalue weighted by atomic mass is 10.3. The van der Waals surface area contributed by atoms with Gasteiger partial charge in [-0.25, -0.2) is 4.98 Å². The molecule has 0 aromatic carbocycles. The Balaban J connectivity index is 2.05. The largest absolute Gasteiger partial charge is 0.444 e. The molecule has 0 saturated carbocycles. The van der Waals surface area contributed by atoms with Crippen LogP contribution in [0, 0.1) is 6.92 Å². The monoisotopic (exact) mass is 286 g/mol. The molecule has 0 spiro atoms. The maximum absolute atomic E-state index is 11.8. The third-order valence-corrected chi connectivity index (χ3v) is 2.50. The van der Waals surface area contributed by atoms with E-state index in [0.717, 1.165) is 0 Å². The Bertz CT molecular complexity index is 585. The van der Waals surface area contributed by atoms with Gasteiger partial charge in [0.1, 0.15) is 5.76 Å². The predicted molar refractivity (Wildman–Crippen MR) is 64.5 cm³/mol. The van der Waals surface area contributed by atoms with E-state index in [2.05, 4.69) is 20.5 Å². The first-order valence-electron chi connectivity index (χ1n) is 4.94. The Morgan fingerprint density at radius 2 is 2.22 bits per heavy atom. The van der Waals surface area contributed by atoms with Crippen LogP contribution in [0.4, 0.5) is 0 Å². The number of oxazole rings is 1. The van der Waals surface area contributed by atoms with Crippen molar-refractivity contribution >= 4 is 29.1 Å². The van der Waals surface area contributed by atoms with Gasteiger partial charge in [-0.2, -0.15) is 0 Å². The number of aromatic nitrogens is 3. The first kappa shape index (κ1) is 12.8. The molecule has 0 atom stereocenters. The third kappa shape index (κ3) is 2.96. The Kier molecular flexibility index (Phi) is 3.78. The van der Waals surface area contributed by atoms with E-state index in [1.54, 1.807) is 13.1 Å². The molecule has 2 heterocycles. The van der Waals surface area contributed by atoms with Gasteiger partial charge < -0.3 is 9.73 Å². The molecule has 6 nitrogen and oxygen atoms in total. The lowest BCUT2D eigenvalue weighted by Gasteiger charge is -2.03. The average molecular weight is 287 g/mol.